The van der Waals surface area contributed by atoms with Gasteiger partial charge in [0.1, 0.15) is 11.6 Å². The molecule has 1 amide bonds. The summed E-state index contributed by atoms with van der Waals surface area (Å²) in [5.41, 5.74) is -0.279. The van der Waals surface area contributed by atoms with Crippen LogP contribution in [0.2, 0.25) is 0 Å². The summed E-state index contributed by atoms with van der Waals surface area (Å²) in [6.45, 7) is 6.70. The molecule has 2 N–H and O–H groups in total. The van der Waals surface area contributed by atoms with Gasteiger partial charge in [0, 0.05) is 20.2 Å². The van der Waals surface area contributed by atoms with Gasteiger partial charge in [0.25, 0.3) is 5.91 Å². The van der Waals surface area contributed by atoms with E-state index in [1.165, 1.54) is 6.07 Å². The van der Waals surface area contributed by atoms with Gasteiger partial charge in [-0.2, -0.15) is 0 Å². The maximum Gasteiger partial charge on any atom is 0.255 e. The Morgan fingerprint density at radius 1 is 1.50 bits per heavy atom. The van der Waals surface area contributed by atoms with Gasteiger partial charge in [-0.3, -0.25) is 4.79 Å². The van der Waals surface area contributed by atoms with Crippen molar-refractivity contribution < 1.29 is 13.9 Å². The van der Waals surface area contributed by atoms with Crippen LogP contribution in [0.15, 0.2) is 12.3 Å². The van der Waals surface area contributed by atoms with Crippen molar-refractivity contribution in [2.75, 3.05) is 25.5 Å². The van der Waals surface area contributed by atoms with Crippen LogP contribution in [0.1, 0.15) is 37.6 Å². The third kappa shape index (κ3) is 4.77. The van der Waals surface area contributed by atoms with Crippen LogP contribution in [-0.4, -0.2) is 36.7 Å². The Kier molecular flexibility index (Phi) is 5.88. The van der Waals surface area contributed by atoms with Gasteiger partial charge in [0.15, 0.2) is 0 Å². The largest absolute Gasteiger partial charge is 0.377 e. The Balaban J connectivity index is 2.82. The number of pyridine rings is 1. The molecule has 1 aromatic heterocycles. The second kappa shape index (κ2) is 7.19. The SMILES string of the molecule is CCCNc1ncc(F)cc1C(=O)NCC(C)(C)OC. The lowest BCUT2D eigenvalue weighted by Crippen LogP contribution is -2.40. The molecule has 0 aliphatic heterocycles. The number of rotatable bonds is 7. The van der Waals surface area contributed by atoms with E-state index in [-0.39, 0.29) is 11.5 Å². The Hall–Kier alpha value is -1.69. The van der Waals surface area contributed by atoms with Crippen LogP contribution in [0.3, 0.4) is 0 Å². The van der Waals surface area contributed by atoms with Crippen molar-refractivity contribution in [3.05, 3.63) is 23.6 Å². The van der Waals surface area contributed by atoms with Crippen LogP contribution < -0.4 is 10.6 Å². The highest BCUT2D eigenvalue weighted by atomic mass is 19.1. The van der Waals surface area contributed by atoms with E-state index in [4.69, 9.17) is 4.74 Å². The molecular weight excluding hydrogens is 261 g/mol. The van der Waals surface area contributed by atoms with Crippen LogP contribution in [0.4, 0.5) is 10.2 Å². The lowest BCUT2D eigenvalue weighted by Gasteiger charge is -2.23. The first-order valence-corrected chi connectivity index (χ1v) is 6.62. The van der Waals surface area contributed by atoms with Gasteiger partial charge in [-0.05, 0) is 26.3 Å². The van der Waals surface area contributed by atoms with E-state index in [0.717, 1.165) is 12.6 Å². The molecule has 5 nitrogen and oxygen atoms in total. The average Bonchev–Trinajstić information content (AvgIpc) is 2.43. The van der Waals surface area contributed by atoms with E-state index in [1.807, 2.05) is 20.8 Å². The zero-order valence-electron chi connectivity index (χ0n) is 12.4. The lowest BCUT2D eigenvalue weighted by atomic mass is 10.1. The number of carbonyl (C=O) groups excluding carboxylic acids is 1. The number of aromatic nitrogens is 1. The standard InChI is InChI=1S/C14H22FN3O2/c1-5-6-16-12-11(7-10(15)8-17-12)13(19)18-9-14(2,3)20-4/h7-8H,5-6,9H2,1-4H3,(H,16,17)(H,18,19). The normalized spacial score (nSPS) is 11.2. The fourth-order valence-corrected chi connectivity index (χ4v) is 1.46. The summed E-state index contributed by atoms with van der Waals surface area (Å²) < 4.78 is 18.5. The summed E-state index contributed by atoms with van der Waals surface area (Å²) in [5.74, 6) is -0.523. The molecule has 0 bridgehead atoms. The number of hydrogen-bond donors (Lipinski definition) is 2. The summed E-state index contributed by atoms with van der Waals surface area (Å²) in [4.78, 5) is 16.1. The van der Waals surface area contributed by atoms with E-state index < -0.39 is 11.4 Å². The third-order valence-corrected chi connectivity index (χ3v) is 2.87. The highest BCUT2D eigenvalue weighted by Gasteiger charge is 2.20. The lowest BCUT2D eigenvalue weighted by molar-refractivity contribution is 0.0229. The molecule has 0 unspecified atom stereocenters. The quantitative estimate of drug-likeness (QED) is 0.805. The topological polar surface area (TPSA) is 63.2 Å². The molecule has 112 valence electrons. The number of nitrogens with one attached hydrogen (secondary N) is 2. The van der Waals surface area contributed by atoms with Crippen molar-refractivity contribution in [3.63, 3.8) is 0 Å². The number of amides is 1. The van der Waals surface area contributed by atoms with E-state index in [0.29, 0.717) is 18.9 Å². The number of halogens is 1. The molecule has 6 heteroatoms. The molecule has 0 atom stereocenters. The zero-order valence-corrected chi connectivity index (χ0v) is 12.4. The van der Waals surface area contributed by atoms with Crippen LogP contribution in [-0.2, 0) is 4.74 Å². The second-order valence-electron chi connectivity index (χ2n) is 5.12. The predicted octanol–water partition coefficient (Wildman–Crippen LogP) is 2.20. The number of nitrogens with zero attached hydrogens (tertiary/aromatic N) is 1. The molecule has 0 radical (unpaired) electrons. The first-order valence-electron chi connectivity index (χ1n) is 6.62. The number of anilines is 1. The average molecular weight is 283 g/mol. The van der Waals surface area contributed by atoms with Crippen molar-refractivity contribution in [1.82, 2.24) is 10.3 Å². The van der Waals surface area contributed by atoms with Crippen molar-refractivity contribution in [2.45, 2.75) is 32.8 Å². The Morgan fingerprint density at radius 3 is 2.80 bits per heavy atom. The molecule has 0 aliphatic rings. The fraction of sp³-hybridized carbons (Fsp3) is 0.571. The minimum absolute atomic E-state index is 0.199. The molecule has 0 fully saturated rings. The Morgan fingerprint density at radius 2 is 2.20 bits per heavy atom. The van der Waals surface area contributed by atoms with Crippen molar-refractivity contribution in [1.29, 1.82) is 0 Å². The summed E-state index contributed by atoms with van der Waals surface area (Å²) in [5, 5.41) is 5.74. The molecule has 0 aromatic carbocycles. The highest BCUT2D eigenvalue weighted by Crippen LogP contribution is 2.14. The van der Waals surface area contributed by atoms with E-state index >= 15 is 0 Å². The minimum Gasteiger partial charge on any atom is -0.377 e. The van der Waals surface area contributed by atoms with Gasteiger partial charge in [-0.1, -0.05) is 6.92 Å². The zero-order chi connectivity index (χ0) is 15.2. The van der Waals surface area contributed by atoms with Crippen molar-refractivity contribution in [3.8, 4) is 0 Å². The van der Waals surface area contributed by atoms with Gasteiger partial charge in [-0.15, -0.1) is 0 Å². The molecule has 1 heterocycles. The van der Waals surface area contributed by atoms with Gasteiger partial charge in [0.2, 0.25) is 0 Å². The second-order valence-corrected chi connectivity index (χ2v) is 5.12. The molecular formula is C14H22FN3O2. The molecule has 20 heavy (non-hydrogen) atoms. The van der Waals surface area contributed by atoms with Gasteiger partial charge in [0.05, 0.1) is 17.4 Å². The highest BCUT2D eigenvalue weighted by molar-refractivity contribution is 5.98. The van der Waals surface area contributed by atoms with Gasteiger partial charge < -0.3 is 15.4 Å². The smallest absolute Gasteiger partial charge is 0.255 e. The summed E-state index contributed by atoms with van der Waals surface area (Å²) >= 11 is 0. The summed E-state index contributed by atoms with van der Waals surface area (Å²) in [6.07, 6.45) is 1.98. The molecule has 0 saturated heterocycles. The molecule has 0 spiro atoms. The van der Waals surface area contributed by atoms with Crippen molar-refractivity contribution in [2.24, 2.45) is 0 Å². The minimum atomic E-state index is -0.539. The van der Waals surface area contributed by atoms with E-state index in [2.05, 4.69) is 15.6 Å². The van der Waals surface area contributed by atoms with Crippen LogP contribution in [0.5, 0.6) is 0 Å². The van der Waals surface area contributed by atoms with Gasteiger partial charge in [-0.25, -0.2) is 9.37 Å². The molecule has 1 rings (SSSR count). The number of ether oxygens (including phenoxy) is 1. The predicted molar refractivity (Wildman–Crippen MR) is 76.4 cm³/mol. The van der Waals surface area contributed by atoms with Gasteiger partial charge >= 0.3 is 0 Å². The summed E-state index contributed by atoms with van der Waals surface area (Å²) in [7, 11) is 1.57. The Bertz CT molecular complexity index is 464. The Labute approximate surface area is 118 Å². The first-order chi connectivity index (χ1) is 9.39. The van der Waals surface area contributed by atoms with E-state index in [9.17, 15) is 9.18 Å². The third-order valence-electron chi connectivity index (χ3n) is 2.87. The van der Waals surface area contributed by atoms with Crippen LogP contribution >= 0.6 is 0 Å². The molecule has 1 aromatic rings. The monoisotopic (exact) mass is 283 g/mol. The maximum atomic E-state index is 13.3. The first kappa shape index (κ1) is 16.4. The number of carbonyl (C=O) groups is 1. The van der Waals surface area contributed by atoms with Crippen molar-refractivity contribution >= 4 is 11.7 Å². The number of hydrogen-bond acceptors (Lipinski definition) is 4. The van der Waals surface area contributed by atoms with Crippen LogP contribution in [0.25, 0.3) is 0 Å². The maximum absolute atomic E-state index is 13.3. The number of methoxy groups -OCH3 is 1. The summed E-state index contributed by atoms with van der Waals surface area (Å²) in [6, 6.07) is 1.18. The van der Waals surface area contributed by atoms with E-state index in [1.54, 1.807) is 7.11 Å². The van der Waals surface area contributed by atoms with Crippen LogP contribution in [0, 0.1) is 5.82 Å². The molecule has 0 saturated carbocycles. The fourth-order valence-electron chi connectivity index (χ4n) is 1.46. The molecule has 0 aliphatic carbocycles.